The molecule has 2 heterocycles. The molecule has 1 aliphatic heterocycles. The number of benzene rings is 2. The minimum absolute atomic E-state index is 0.340. The minimum atomic E-state index is -3.56. The number of hydrogen-bond donors (Lipinski definition) is 1. The van der Waals surface area contributed by atoms with E-state index in [2.05, 4.69) is 12.1 Å². The third-order valence-corrected chi connectivity index (χ3v) is 9.46. The maximum atomic E-state index is 13.6. The van der Waals surface area contributed by atoms with Gasteiger partial charge in [-0.15, -0.1) is 0 Å². The zero-order valence-electron chi connectivity index (χ0n) is 20.3. The van der Waals surface area contributed by atoms with Crippen molar-refractivity contribution in [3.63, 3.8) is 0 Å². The van der Waals surface area contributed by atoms with Crippen molar-refractivity contribution in [1.29, 1.82) is 0 Å². The van der Waals surface area contributed by atoms with Gasteiger partial charge in [0.1, 0.15) is 12.1 Å². The van der Waals surface area contributed by atoms with E-state index in [1.165, 1.54) is 4.90 Å². The third-order valence-electron chi connectivity index (χ3n) is 7.28. The lowest BCUT2D eigenvalue weighted by Gasteiger charge is -2.32. The van der Waals surface area contributed by atoms with Crippen molar-refractivity contribution >= 4 is 21.0 Å². The smallest absolute Gasteiger partial charge is 0.336 e. The van der Waals surface area contributed by atoms with Crippen LogP contribution in [0.4, 0.5) is 0 Å². The Hall–Kier alpha value is -2.48. The average Bonchev–Trinajstić information content (AvgIpc) is 2.75. The van der Waals surface area contributed by atoms with Crippen molar-refractivity contribution in [2.24, 2.45) is 0 Å². The predicted molar refractivity (Wildman–Crippen MR) is 131 cm³/mol. The lowest BCUT2D eigenvalue weighted by molar-refractivity contribution is -0.917. The topological polar surface area (TPSA) is 72.0 Å². The van der Waals surface area contributed by atoms with Crippen LogP contribution in [0.25, 0.3) is 11.0 Å². The lowest BCUT2D eigenvalue weighted by atomic mass is 10.0. The summed E-state index contributed by atoms with van der Waals surface area (Å²) in [6.07, 6.45) is 0. The molecule has 1 aromatic heterocycles. The van der Waals surface area contributed by atoms with Gasteiger partial charge in [-0.1, -0.05) is 18.2 Å². The molecule has 1 N–H and O–H groups in total. The van der Waals surface area contributed by atoms with Crippen LogP contribution in [0.15, 0.2) is 38.4 Å². The molecule has 1 saturated heterocycles. The molecule has 0 aliphatic carbocycles. The van der Waals surface area contributed by atoms with Crippen molar-refractivity contribution in [3.8, 4) is 0 Å². The van der Waals surface area contributed by atoms with Gasteiger partial charge in [-0.05, 0) is 74.9 Å². The first-order chi connectivity index (χ1) is 15.5. The molecule has 1 fully saturated rings. The van der Waals surface area contributed by atoms with Crippen molar-refractivity contribution in [3.05, 3.63) is 73.6 Å². The fourth-order valence-corrected chi connectivity index (χ4v) is 6.87. The normalized spacial score (nSPS) is 15.9. The standard InChI is InChI=1S/C26H32N2O4S/c1-16-7-8-23-22(14-24(29)32-25(23)19(16)4)15-27-9-11-28(12-10-27)33(30,31)26-20(5)17(2)13-18(3)21(26)6/h7-8,13-14H,9-12,15H2,1-6H3/p+1. The van der Waals surface area contributed by atoms with Crippen LogP contribution in [0.2, 0.25) is 0 Å². The van der Waals surface area contributed by atoms with Gasteiger partial charge in [0.2, 0.25) is 10.0 Å². The van der Waals surface area contributed by atoms with Gasteiger partial charge in [-0.2, -0.15) is 4.31 Å². The number of quaternary nitrogens is 1. The molecule has 4 rings (SSSR count). The predicted octanol–water partition coefficient (Wildman–Crippen LogP) is 2.73. The van der Waals surface area contributed by atoms with E-state index in [1.54, 1.807) is 10.4 Å². The highest BCUT2D eigenvalue weighted by Gasteiger charge is 2.33. The summed E-state index contributed by atoms with van der Waals surface area (Å²) in [6, 6.07) is 7.70. The quantitative estimate of drug-likeness (QED) is 0.597. The van der Waals surface area contributed by atoms with Crippen LogP contribution >= 0.6 is 0 Å². The summed E-state index contributed by atoms with van der Waals surface area (Å²) < 4.78 is 34.2. The van der Waals surface area contributed by atoms with Crippen LogP contribution in [0.3, 0.4) is 0 Å². The molecule has 6 nitrogen and oxygen atoms in total. The van der Waals surface area contributed by atoms with Gasteiger partial charge in [0.15, 0.2) is 0 Å². The molecule has 0 atom stereocenters. The first-order valence-corrected chi connectivity index (χ1v) is 12.9. The molecule has 0 radical (unpaired) electrons. The molecule has 3 aromatic rings. The van der Waals surface area contributed by atoms with Gasteiger partial charge in [-0.3, -0.25) is 0 Å². The molecule has 0 spiro atoms. The van der Waals surface area contributed by atoms with Crippen molar-refractivity contribution in [2.75, 3.05) is 26.2 Å². The van der Waals surface area contributed by atoms with Gasteiger partial charge in [0.05, 0.1) is 31.1 Å². The minimum Gasteiger partial charge on any atom is -0.422 e. The number of fused-ring (bicyclic) bond motifs is 1. The van der Waals surface area contributed by atoms with Gasteiger partial charge < -0.3 is 9.32 Å². The van der Waals surface area contributed by atoms with Gasteiger partial charge in [0.25, 0.3) is 0 Å². The Morgan fingerprint density at radius 1 is 0.879 bits per heavy atom. The van der Waals surface area contributed by atoms with Crippen molar-refractivity contribution < 1.29 is 17.7 Å². The summed E-state index contributed by atoms with van der Waals surface area (Å²) in [6.45, 7) is 14.7. The maximum absolute atomic E-state index is 13.6. The molecule has 0 unspecified atom stereocenters. The molecule has 0 bridgehead atoms. The molecule has 33 heavy (non-hydrogen) atoms. The van der Waals surface area contributed by atoms with Crippen LogP contribution in [0, 0.1) is 41.5 Å². The van der Waals surface area contributed by atoms with Crippen LogP contribution in [-0.4, -0.2) is 38.9 Å². The first-order valence-electron chi connectivity index (χ1n) is 11.4. The summed E-state index contributed by atoms with van der Waals surface area (Å²) >= 11 is 0. The summed E-state index contributed by atoms with van der Waals surface area (Å²) in [4.78, 5) is 13.9. The monoisotopic (exact) mass is 469 g/mol. The Balaban J connectivity index is 1.56. The number of piperazine rings is 1. The molecule has 2 aromatic carbocycles. The van der Waals surface area contributed by atoms with E-state index in [4.69, 9.17) is 4.42 Å². The summed E-state index contributed by atoms with van der Waals surface area (Å²) in [7, 11) is -3.56. The average molecular weight is 470 g/mol. The van der Waals surface area contributed by atoms with Crippen LogP contribution in [-0.2, 0) is 16.6 Å². The van der Waals surface area contributed by atoms with Gasteiger partial charge >= 0.3 is 5.63 Å². The summed E-state index contributed by atoms with van der Waals surface area (Å²) in [5.74, 6) is 0. The van der Waals surface area contributed by atoms with E-state index in [0.29, 0.717) is 43.2 Å². The van der Waals surface area contributed by atoms with E-state index in [0.717, 1.165) is 44.3 Å². The fraction of sp³-hybridized carbons (Fsp3) is 0.423. The van der Waals surface area contributed by atoms with Gasteiger partial charge in [0, 0.05) is 17.0 Å². The van der Waals surface area contributed by atoms with Crippen LogP contribution in [0.5, 0.6) is 0 Å². The number of sulfonamides is 1. The van der Waals surface area contributed by atoms with E-state index in [-0.39, 0.29) is 5.63 Å². The SMILES string of the molecule is Cc1cc(C)c(C)c(S(=O)(=O)N2CC[NH+](Cc3cc(=O)oc4c(C)c(C)ccc34)CC2)c1C. The second-order valence-electron chi connectivity index (χ2n) is 9.40. The molecular weight excluding hydrogens is 436 g/mol. The van der Waals surface area contributed by atoms with E-state index in [9.17, 15) is 13.2 Å². The lowest BCUT2D eigenvalue weighted by Crippen LogP contribution is -3.13. The number of hydrogen-bond acceptors (Lipinski definition) is 4. The Bertz CT molecular complexity index is 1370. The number of aryl methyl sites for hydroxylation is 4. The second-order valence-corrected chi connectivity index (χ2v) is 11.3. The Morgan fingerprint density at radius 2 is 1.48 bits per heavy atom. The summed E-state index contributed by atoms with van der Waals surface area (Å²) in [5.41, 5.74) is 7.01. The van der Waals surface area contributed by atoms with E-state index < -0.39 is 10.0 Å². The fourth-order valence-electron chi connectivity index (χ4n) is 4.86. The first kappa shape index (κ1) is 23.7. The number of rotatable bonds is 4. The molecule has 176 valence electrons. The zero-order chi connectivity index (χ0) is 24.1. The highest BCUT2D eigenvalue weighted by molar-refractivity contribution is 7.89. The largest absolute Gasteiger partial charge is 0.422 e. The summed E-state index contributed by atoms with van der Waals surface area (Å²) in [5, 5.41) is 0.960. The zero-order valence-corrected chi connectivity index (χ0v) is 21.1. The number of nitrogens with one attached hydrogen (secondary N) is 1. The van der Waals surface area contributed by atoms with Gasteiger partial charge in [-0.25, -0.2) is 13.2 Å². The third kappa shape index (κ3) is 4.25. The van der Waals surface area contributed by atoms with E-state index >= 15 is 0 Å². The number of nitrogens with zero attached hydrogens (tertiary/aromatic N) is 1. The Kier molecular flexibility index (Phi) is 6.24. The molecule has 1 aliphatic rings. The highest BCUT2D eigenvalue weighted by atomic mass is 32.2. The maximum Gasteiger partial charge on any atom is 0.336 e. The molecule has 0 amide bonds. The molecule has 0 saturated carbocycles. The Labute approximate surface area is 195 Å². The van der Waals surface area contributed by atoms with Crippen molar-refractivity contribution in [1.82, 2.24) is 4.31 Å². The van der Waals surface area contributed by atoms with Crippen LogP contribution < -0.4 is 10.5 Å². The van der Waals surface area contributed by atoms with E-state index in [1.807, 2.05) is 47.6 Å². The van der Waals surface area contributed by atoms with Crippen LogP contribution in [0.1, 0.15) is 38.9 Å². The highest BCUT2D eigenvalue weighted by Crippen LogP contribution is 2.29. The molecule has 7 heteroatoms. The molecular formula is C26H33N2O4S+. The Morgan fingerprint density at radius 3 is 2.09 bits per heavy atom. The second kappa shape index (κ2) is 8.70. The van der Waals surface area contributed by atoms with Crippen molar-refractivity contribution in [2.45, 2.75) is 53.0 Å².